The first-order valence-corrected chi connectivity index (χ1v) is 8.54. The van der Waals surface area contributed by atoms with Crippen molar-refractivity contribution >= 4 is 22.7 Å². The summed E-state index contributed by atoms with van der Waals surface area (Å²) in [6.07, 6.45) is 2.35. The first kappa shape index (κ1) is 18.0. The highest BCUT2D eigenvalue weighted by atomic mass is 15.3. The summed E-state index contributed by atoms with van der Waals surface area (Å²) in [5.74, 6) is 1.90. The van der Waals surface area contributed by atoms with Crippen molar-refractivity contribution in [3.8, 4) is 0 Å². The molecule has 0 spiro atoms. The van der Waals surface area contributed by atoms with Crippen molar-refractivity contribution in [2.45, 2.75) is 26.3 Å². The lowest BCUT2D eigenvalue weighted by Crippen LogP contribution is -2.39. The van der Waals surface area contributed by atoms with E-state index in [4.69, 9.17) is 4.98 Å². The fourth-order valence-corrected chi connectivity index (χ4v) is 2.67. The predicted octanol–water partition coefficient (Wildman–Crippen LogP) is 3.11. The molecule has 1 aromatic heterocycles. The lowest BCUT2D eigenvalue weighted by molar-refractivity contribution is 0.465. The molecule has 5 heteroatoms. The molecule has 0 saturated carbocycles. The summed E-state index contributed by atoms with van der Waals surface area (Å²) in [6.45, 7) is 3.94. The molecule has 0 bridgehead atoms. The smallest absolute Gasteiger partial charge is 0.193 e. The standard InChI is InChI=1S/C19H29N5/c1-6-7-12-24(5)19(20-2)21-14-15-13-18(23(3)4)22-17-11-9-8-10-16(15)17/h8-11,13H,6-7,12,14H2,1-5H3,(H,20,21). The van der Waals surface area contributed by atoms with Gasteiger partial charge in [0.15, 0.2) is 5.96 Å². The minimum atomic E-state index is 0.729. The van der Waals surface area contributed by atoms with Crippen LogP contribution < -0.4 is 10.2 Å². The number of nitrogens with zero attached hydrogens (tertiary/aromatic N) is 4. The Morgan fingerprint density at radius 3 is 2.62 bits per heavy atom. The van der Waals surface area contributed by atoms with Crippen LogP contribution in [0.3, 0.4) is 0 Å². The SMILES string of the molecule is CCCCN(C)C(=NC)NCc1cc(N(C)C)nc2ccccc12. The van der Waals surface area contributed by atoms with Crippen molar-refractivity contribution in [2.75, 3.05) is 39.6 Å². The summed E-state index contributed by atoms with van der Waals surface area (Å²) in [5, 5.41) is 4.66. The number of para-hydroxylation sites is 1. The second kappa shape index (κ2) is 8.52. The van der Waals surface area contributed by atoms with Gasteiger partial charge in [-0.05, 0) is 24.1 Å². The summed E-state index contributed by atoms with van der Waals surface area (Å²) >= 11 is 0. The summed E-state index contributed by atoms with van der Waals surface area (Å²) in [7, 11) is 7.96. The Morgan fingerprint density at radius 1 is 1.21 bits per heavy atom. The first-order valence-electron chi connectivity index (χ1n) is 8.54. The number of aliphatic imine (C=N–C) groups is 1. The molecule has 2 aromatic rings. The van der Waals surface area contributed by atoms with Crippen molar-refractivity contribution in [3.63, 3.8) is 0 Å². The molecule has 1 heterocycles. The molecule has 0 unspecified atom stereocenters. The van der Waals surface area contributed by atoms with Gasteiger partial charge in [-0.15, -0.1) is 0 Å². The van der Waals surface area contributed by atoms with Gasteiger partial charge in [0.25, 0.3) is 0 Å². The Balaban J connectivity index is 2.22. The van der Waals surface area contributed by atoms with Crippen LogP contribution in [0, 0.1) is 0 Å². The maximum Gasteiger partial charge on any atom is 0.193 e. The number of pyridine rings is 1. The van der Waals surface area contributed by atoms with Crippen LogP contribution in [0.5, 0.6) is 0 Å². The van der Waals surface area contributed by atoms with Crippen LogP contribution in [-0.2, 0) is 6.54 Å². The van der Waals surface area contributed by atoms with Crippen molar-refractivity contribution in [1.29, 1.82) is 0 Å². The Hall–Kier alpha value is -2.30. The molecule has 24 heavy (non-hydrogen) atoms. The van der Waals surface area contributed by atoms with E-state index in [1.807, 2.05) is 32.1 Å². The van der Waals surface area contributed by atoms with Gasteiger partial charge in [0.1, 0.15) is 5.82 Å². The van der Waals surface area contributed by atoms with Gasteiger partial charge in [0.05, 0.1) is 5.52 Å². The minimum absolute atomic E-state index is 0.729. The topological polar surface area (TPSA) is 43.8 Å². The second-order valence-corrected chi connectivity index (χ2v) is 6.23. The van der Waals surface area contributed by atoms with Crippen molar-refractivity contribution in [1.82, 2.24) is 15.2 Å². The summed E-state index contributed by atoms with van der Waals surface area (Å²) < 4.78 is 0. The highest BCUT2D eigenvalue weighted by Crippen LogP contribution is 2.22. The quantitative estimate of drug-likeness (QED) is 0.654. The molecule has 1 aromatic carbocycles. The summed E-state index contributed by atoms with van der Waals surface area (Å²) in [6, 6.07) is 10.4. The monoisotopic (exact) mass is 327 g/mol. The molecule has 5 nitrogen and oxygen atoms in total. The lowest BCUT2D eigenvalue weighted by atomic mass is 10.1. The third-order valence-corrected chi connectivity index (χ3v) is 4.10. The summed E-state index contributed by atoms with van der Waals surface area (Å²) in [4.78, 5) is 13.3. The number of nitrogens with one attached hydrogen (secondary N) is 1. The van der Waals surface area contributed by atoms with Crippen molar-refractivity contribution in [3.05, 3.63) is 35.9 Å². The number of anilines is 1. The van der Waals surface area contributed by atoms with Crippen molar-refractivity contribution in [2.24, 2.45) is 4.99 Å². The van der Waals surface area contributed by atoms with Gasteiger partial charge >= 0.3 is 0 Å². The molecular formula is C19H29N5. The Labute approximate surface area is 145 Å². The number of hydrogen-bond donors (Lipinski definition) is 1. The van der Waals surface area contributed by atoms with E-state index in [0.29, 0.717) is 0 Å². The highest BCUT2D eigenvalue weighted by Gasteiger charge is 2.09. The van der Waals surface area contributed by atoms with E-state index in [0.717, 1.165) is 30.4 Å². The molecule has 0 aliphatic rings. The van der Waals surface area contributed by atoms with Crippen LogP contribution in [0.4, 0.5) is 5.82 Å². The van der Waals surface area contributed by atoms with Gasteiger partial charge in [-0.2, -0.15) is 0 Å². The average molecular weight is 327 g/mol. The fourth-order valence-electron chi connectivity index (χ4n) is 2.67. The van der Waals surface area contributed by atoms with E-state index >= 15 is 0 Å². The van der Waals surface area contributed by atoms with E-state index in [1.54, 1.807) is 0 Å². The van der Waals surface area contributed by atoms with Gasteiger partial charge in [-0.1, -0.05) is 31.5 Å². The number of aromatic nitrogens is 1. The van der Waals surface area contributed by atoms with E-state index in [1.165, 1.54) is 23.8 Å². The number of hydrogen-bond acceptors (Lipinski definition) is 3. The van der Waals surface area contributed by atoms with Crippen LogP contribution >= 0.6 is 0 Å². The molecule has 1 N–H and O–H groups in total. The van der Waals surface area contributed by atoms with Gasteiger partial charge in [-0.3, -0.25) is 4.99 Å². The summed E-state index contributed by atoms with van der Waals surface area (Å²) in [5.41, 5.74) is 2.25. The molecular weight excluding hydrogens is 298 g/mol. The Bertz CT molecular complexity index is 693. The lowest BCUT2D eigenvalue weighted by Gasteiger charge is -2.22. The third-order valence-electron chi connectivity index (χ3n) is 4.10. The second-order valence-electron chi connectivity index (χ2n) is 6.23. The number of fused-ring (bicyclic) bond motifs is 1. The molecule has 0 fully saturated rings. The minimum Gasteiger partial charge on any atom is -0.363 e. The van der Waals surface area contributed by atoms with Gasteiger partial charge in [0.2, 0.25) is 0 Å². The van der Waals surface area contributed by atoms with Crippen LogP contribution in [0.25, 0.3) is 10.9 Å². The molecule has 2 rings (SSSR count). The van der Waals surface area contributed by atoms with Crippen molar-refractivity contribution < 1.29 is 0 Å². The molecule has 0 atom stereocenters. The third kappa shape index (κ3) is 4.37. The molecule has 0 saturated heterocycles. The number of unbranched alkanes of at least 4 members (excludes halogenated alkanes) is 1. The number of guanidine groups is 1. The van der Waals surface area contributed by atoms with E-state index in [-0.39, 0.29) is 0 Å². The Morgan fingerprint density at radius 2 is 1.96 bits per heavy atom. The fraction of sp³-hybridized carbons (Fsp3) is 0.474. The number of rotatable bonds is 6. The largest absolute Gasteiger partial charge is 0.363 e. The first-order chi connectivity index (χ1) is 11.6. The molecule has 0 aliphatic carbocycles. The van der Waals surface area contributed by atoms with E-state index < -0.39 is 0 Å². The number of benzene rings is 1. The van der Waals surface area contributed by atoms with Crippen LogP contribution in [0.1, 0.15) is 25.3 Å². The van der Waals surface area contributed by atoms with E-state index in [2.05, 4.69) is 53.4 Å². The maximum atomic E-state index is 4.72. The zero-order valence-corrected chi connectivity index (χ0v) is 15.5. The van der Waals surface area contributed by atoms with Crippen LogP contribution in [-0.4, -0.2) is 50.6 Å². The molecule has 0 aliphatic heterocycles. The Kier molecular flexibility index (Phi) is 6.41. The van der Waals surface area contributed by atoms with Crippen LogP contribution in [0.2, 0.25) is 0 Å². The van der Waals surface area contributed by atoms with Gasteiger partial charge in [0, 0.05) is 46.7 Å². The zero-order valence-electron chi connectivity index (χ0n) is 15.5. The maximum absolute atomic E-state index is 4.72. The molecule has 0 amide bonds. The predicted molar refractivity (Wildman–Crippen MR) is 104 cm³/mol. The van der Waals surface area contributed by atoms with Gasteiger partial charge < -0.3 is 15.1 Å². The normalized spacial score (nSPS) is 11.6. The van der Waals surface area contributed by atoms with Gasteiger partial charge in [-0.25, -0.2) is 4.98 Å². The molecule has 0 radical (unpaired) electrons. The zero-order chi connectivity index (χ0) is 17.5. The highest BCUT2D eigenvalue weighted by molar-refractivity contribution is 5.85. The molecule has 130 valence electrons. The van der Waals surface area contributed by atoms with E-state index in [9.17, 15) is 0 Å². The van der Waals surface area contributed by atoms with Crippen LogP contribution in [0.15, 0.2) is 35.3 Å². The average Bonchev–Trinajstić information content (AvgIpc) is 2.59.